The van der Waals surface area contributed by atoms with E-state index in [1.54, 1.807) is 12.0 Å². The minimum atomic E-state index is -0.246. The van der Waals surface area contributed by atoms with Gasteiger partial charge >= 0.3 is 0 Å². The molecule has 3 aromatic rings. The zero-order valence-corrected chi connectivity index (χ0v) is 17.0. The standard InChI is InChI=1S/C21H20BrN3O3/c1-28-15-7-8-17-16(11-15)20(25-9-3-6-18(25)26)19(24-17)21(27)23-12-13-4-2-5-14(22)10-13/h2,4-5,7-8,10-11,24H,3,6,9,12H2,1H3,(H,23,27). The smallest absolute Gasteiger partial charge is 0.270 e. The summed E-state index contributed by atoms with van der Waals surface area (Å²) in [6.45, 7) is 0.999. The van der Waals surface area contributed by atoms with Gasteiger partial charge in [0, 0.05) is 34.9 Å². The van der Waals surface area contributed by atoms with E-state index in [1.165, 1.54) is 0 Å². The second kappa shape index (κ2) is 7.67. The Morgan fingerprint density at radius 2 is 2.14 bits per heavy atom. The van der Waals surface area contributed by atoms with Gasteiger partial charge in [0.1, 0.15) is 11.4 Å². The second-order valence-electron chi connectivity index (χ2n) is 6.72. The Bertz CT molecular complexity index is 1060. The third-order valence-corrected chi connectivity index (χ3v) is 5.38. The number of amides is 2. The molecule has 2 aromatic carbocycles. The lowest BCUT2D eigenvalue weighted by Crippen LogP contribution is -2.29. The maximum atomic E-state index is 13.0. The number of rotatable bonds is 5. The molecule has 0 spiro atoms. The van der Waals surface area contributed by atoms with Crippen LogP contribution >= 0.6 is 15.9 Å². The first-order valence-corrected chi connectivity index (χ1v) is 9.89. The second-order valence-corrected chi connectivity index (χ2v) is 7.64. The molecule has 4 rings (SSSR count). The van der Waals surface area contributed by atoms with Crippen LogP contribution in [-0.2, 0) is 11.3 Å². The normalized spacial score (nSPS) is 13.9. The van der Waals surface area contributed by atoms with Gasteiger partial charge in [-0.25, -0.2) is 0 Å². The number of nitrogens with zero attached hydrogens (tertiary/aromatic N) is 1. The molecule has 1 fully saturated rings. The van der Waals surface area contributed by atoms with Gasteiger partial charge in [-0.05, 0) is 42.3 Å². The Labute approximate surface area is 171 Å². The van der Waals surface area contributed by atoms with Crippen LogP contribution in [0.15, 0.2) is 46.9 Å². The van der Waals surface area contributed by atoms with Gasteiger partial charge in [0.25, 0.3) is 5.91 Å². The molecular weight excluding hydrogens is 422 g/mol. The van der Waals surface area contributed by atoms with E-state index in [2.05, 4.69) is 26.2 Å². The number of ether oxygens (including phenoxy) is 1. The molecule has 1 aliphatic rings. The van der Waals surface area contributed by atoms with Gasteiger partial charge in [0.05, 0.1) is 12.8 Å². The fraction of sp³-hybridized carbons (Fsp3) is 0.238. The number of carbonyl (C=O) groups is 2. The monoisotopic (exact) mass is 441 g/mol. The number of H-pyrrole nitrogens is 1. The number of carbonyl (C=O) groups excluding carboxylic acids is 2. The highest BCUT2D eigenvalue weighted by Gasteiger charge is 2.29. The maximum Gasteiger partial charge on any atom is 0.270 e. The van der Waals surface area contributed by atoms with Gasteiger partial charge < -0.3 is 19.9 Å². The highest BCUT2D eigenvalue weighted by molar-refractivity contribution is 9.10. The van der Waals surface area contributed by atoms with Gasteiger partial charge in [-0.2, -0.15) is 0 Å². The number of hydrogen-bond donors (Lipinski definition) is 2. The lowest BCUT2D eigenvalue weighted by molar-refractivity contribution is -0.117. The predicted molar refractivity (Wildman–Crippen MR) is 112 cm³/mol. The molecule has 0 aliphatic carbocycles. The molecular formula is C21H20BrN3O3. The fourth-order valence-corrected chi connectivity index (χ4v) is 3.98. The van der Waals surface area contributed by atoms with Crippen molar-refractivity contribution in [1.82, 2.24) is 10.3 Å². The zero-order chi connectivity index (χ0) is 19.7. The zero-order valence-electron chi connectivity index (χ0n) is 15.4. The molecule has 0 saturated carbocycles. The average molecular weight is 442 g/mol. The summed E-state index contributed by atoms with van der Waals surface area (Å²) in [6, 6.07) is 13.3. The van der Waals surface area contributed by atoms with Crippen molar-refractivity contribution in [2.24, 2.45) is 0 Å². The summed E-state index contributed by atoms with van der Waals surface area (Å²) >= 11 is 3.44. The molecule has 1 aromatic heterocycles. The number of benzene rings is 2. The van der Waals surface area contributed by atoms with Crippen LogP contribution in [0.4, 0.5) is 5.69 Å². The molecule has 7 heteroatoms. The minimum absolute atomic E-state index is 0.0322. The van der Waals surface area contributed by atoms with Crippen molar-refractivity contribution in [3.8, 4) is 5.75 Å². The number of methoxy groups -OCH3 is 1. The lowest BCUT2D eigenvalue weighted by Gasteiger charge is -2.17. The molecule has 0 atom stereocenters. The van der Waals surface area contributed by atoms with Crippen molar-refractivity contribution >= 4 is 44.3 Å². The van der Waals surface area contributed by atoms with E-state index in [0.717, 1.165) is 27.4 Å². The Kier molecular flexibility index (Phi) is 5.09. The number of nitrogens with one attached hydrogen (secondary N) is 2. The Morgan fingerprint density at radius 1 is 1.29 bits per heavy atom. The van der Waals surface area contributed by atoms with Gasteiger partial charge in [0.2, 0.25) is 5.91 Å². The number of hydrogen-bond acceptors (Lipinski definition) is 3. The number of halogens is 1. The van der Waals surface area contributed by atoms with Crippen LogP contribution in [-0.4, -0.2) is 30.5 Å². The van der Waals surface area contributed by atoms with E-state index in [9.17, 15) is 9.59 Å². The number of aromatic amines is 1. The molecule has 2 heterocycles. The first kappa shape index (κ1) is 18.6. The largest absolute Gasteiger partial charge is 0.497 e. The Hall–Kier alpha value is -2.80. The average Bonchev–Trinajstić information content (AvgIpc) is 3.28. The van der Waals surface area contributed by atoms with Crippen molar-refractivity contribution in [2.45, 2.75) is 19.4 Å². The molecule has 2 amide bonds. The van der Waals surface area contributed by atoms with Gasteiger partial charge in [-0.15, -0.1) is 0 Å². The van der Waals surface area contributed by atoms with Crippen LogP contribution in [0.1, 0.15) is 28.9 Å². The van der Waals surface area contributed by atoms with Crippen molar-refractivity contribution in [3.05, 3.63) is 58.2 Å². The van der Waals surface area contributed by atoms with Crippen LogP contribution in [0.25, 0.3) is 10.9 Å². The lowest BCUT2D eigenvalue weighted by atomic mass is 10.2. The first-order valence-electron chi connectivity index (χ1n) is 9.09. The van der Waals surface area contributed by atoms with Crippen LogP contribution in [0.3, 0.4) is 0 Å². The maximum absolute atomic E-state index is 13.0. The molecule has 1 saturated heterocycles. The SMILES string of the molecule is COc1ccc2[nH]c(C(=O)NCc3cccc(Br)c3)c(N3CCCC3=O)c2c1. The summed E-state index contributed by atoms with van der Waals surface area (Å²) in [5.74, 6) is 0.468. The van der Waals surface area contributed by atoms with Crippen LogP contribution in [0.5, 0.6) is 5.75 Å². The summed E-state index contributed by atoms with van der Waals surface area (Å²) < 4.78 is 6.29. The summed E-state index contributed by atoms with van der Waals surface area (Å²) in [7, 11) is 1.60. The van der Waals surface area contributed by atoms with E-state index in [1.807, 2.05) is 42.5 Å². The first-order chi connectivity index (χ1) is 13.6. The summed E-state index contributed by atoms with van der Waals surface area (Å²) in [5.41, 5.74) is 2.80. The molecule has 0 radical (unpaired) electrons. The fourth-order valence-electron chi connectivity index (χ4n) is 3.53. The van der Waals surface area contributed by atoms with E-state index < -0.39 is 0 Å². The molecule has 2 N–H and O–H groups in total. The minimum Gasteiger partial charge on any atom is -0.497 e. The Morgan fingerprint density at radius 3 is 2.86 bits per heavy atom. The number of fused-ring (bicyclic) bond motifs is 1. The molecule has 0 bridgehead atoms. The molecule has 6 nitrogen and oxygen atoms in total. The number of anilines is 1. The molecule has 144 valence electrons. The van der Waals surface area contributed by atoms with Crippen molar-refractivity contribution < 1.29 is 14.3 Å². The highest BCUT2D eigenvalue weighted by Crippen LogP contribution is 2.36. The van der Waals surface area contributed by atoms with Crippen LogP contribution in [0, 0.1) is 0 Å². The Balaban J connectivity index is 1.70. The third kappa shape index (κ3) is 3.49. The van der Waals surface area contributed by atoms with Crippen molar-refractivity contribution in [1.29, 1.82) is 0 Å². The summed E-state index contributed by atoms with van der Waals surface area (Å²) in [5, 5.41) is 3.76. The van der Waals surface area contributed by atoms with Crippen molar-refractivity contribution in [3.63, 3.8) is 0 Å². The van der Waals surface area contributed by atoms with Crippen molar-refractivity contribution in [2.75, 3.05) is 18.6 Å². The van der Waals surface area contributed by atoms with Crippen LogP contribution < -0.4 is 15.0 Å². The molecule has 0 unspecified atom stereocenters. The van der Waals surface area contributed by atoms with E-state index in [0.29, 0.717) is 36.6 Å². The quantitative estimate of drug-likeness (QED) is 0.628. The predicted octanol–water partition coefficient (Wildman–Crippen LogP) is 4.00. The van der Waals surface area contributed by atoms with Gasteiger partial charge in [0.15, 0.2) is 0 Å². The van der Waals surface area contributed by atoms with E-state index >= 15 is 0 Å². The topological polar surface area (TPSA) is 74.4 Å². The van der Waals surface area contributed by atoms with Gasteiger partial charge in [-0.3, -0.25) is 9.59 Å². The molecule has 1 aliphatic heterocycles. The molecule has 28 heavy (non-hydrogen) atoms. The summed E-state index contributed by atoms with van der Waals surface area (Å²) in [4.78, 5) is 30.3. The number of aromatic nitrogens is 1. The third-order valence-electron chi connectivity index (χ3n) is 4.89. The van der Waals surface area contributed by atoms with E-state index in [4.69, 9.17) is 4.74 Å². The van der Waals surface area contributed by atoms with Gasteiger partial charge in [-0.1, -0.05) is 28.1 Å². The summed E-state index contributed by atoms with van der Waals surface area (Å²) in [6.07, 6.45) is 1.28. The highest BCUT2D eigenvalue weighted by atomic mass is 79.9. The van der Waals surface area contributed by atoms with E-state index in [-0.39, 0.29) is 11.8 Å². The van der Waals surface area contributed by atoms with Crippen LogP contribution in [0.2, 0.25) is 0 Å².